The zero-order valence-corrected chi connectivity index (χ0v) is 9.25. The molecule has 0 spiro atoms. The third-order valence-corrected chi connectivity index (χ3v) is 2.11. The van der Waals surface area contributed by atoms with Crippen LogP contribution in [-0.4, -0.2) is 31.5 Å². The van der Waals surface area contributed by atoms with Crippen molar-refractivity contribution in [3.05, 3.63) is 39.4 Å². The summed E-state index contributed by atoms with van der Waals surface area (Å²) in [7, 11) is 0. The SMILES string of the molecule is Cc1cc(C(=O)Nc2nn[nH]n2)cc([N+](=O)[O-])c1. The number of hydrogen-bond acceptors (Lipinski definition) is 6. The molecule has 2 N–H and O–H groups in total. The molecule has 0 bridgehead atoms. The maximum Gasteiger partial charge on any atom is 0.270 e. The number of nitro benzene ring substituents is 1. The highest BCUT2D eigenvalue weighted by atomic mass is 16.6. The fraction of sp³-hybridized carbons (Fsp3) is 0.111. The van der Waals surface area contributed by atoms with Gasteiger partial charge < -0.3 is 0 Å². The van der Waals surface area contributed by atoms with Crippen LogP contribution in [0.1, 0.15) is 15.9 Å². The molecule has 1 aromatic heterocycles. The minimum atomic E-state index is -0.557. The third kappa shape index (κ3) is 2.45. The van der Waals surface area contributed by atoms with Crippen LogP contribution in [0.15, 0.2) is 18.2 Å². The molecule has 1 amide bonds. The zero-order valence-electron chi connectivity index (χ0n) is 9.25. The Morgan fingerprint density at radius 3 is 2.83 bits per heavy atom. The van der Waals surface area contributed by atoms with E-state index in [9.17, 15) is 14.9 Å². The second-order valence-electron chi connectivity index (χ2n) is 3.50. The number of nitrogens with zero attached hydrogens (tertiary/aromatic N) is 4. The van der Waals surface area contributed by atoms with Gasteiger partial charge in [0.05, 0.1) is 4.92 Å². The largest absolute Gasteiger partial charge is 0.288 e. The molecule has 0 saturated heterocycles. The van der Waals surface area contributed by atoms with E-state index in [0.29, 0.717) is 5.56 Å². The second-order valence-corrected chi connectivity index (χ2v) is 3.50. The number of H-pyrrole nitrogens is 1. The Bertz CT molecular complexity index is 594. The van der Waals surface area contributed by atoms with Crippen molar-refractivity contribution >= 4 is 17.5 Å². The number of aromatic amines is 1. The van der Waals surface area contributed by atoms with Gasteiger partial charge >= 0.3 is 0 Å². The van der Waals surface area contributed by atoms with Gasteiger partial charge in [-0.25, -0.2) is 0 Å². The lowest BCUT2D eigenvalue weighted by Crippen LogP contribution is -2.13. The Kier molecular flexibility index (Phi) is 2.96. The van der Waals surface area contributed by atoms with Crippen molar-refractivity contribution in [1.82, 2.24) is 20.6 Å². The third-order valence-electron chi connectivity index (χ3n) is 2.11. The van der Waals surface area contributed by atoms with Gasteiger partial charge in [0.2, 0.25) is 0 Å². The lowest BCUT2D eigenvalue weighted by atomic mass is 10.1. The number of aryl methyl sites for hydroxylation is 1. The van der Waals surface area contributed by atoms with Crippen LogP contribution in [0.5, 0.6) is 0 Å². The number of carbonyl (C=O) groups excluding carboxylic acids is 1. The van der Waals surface area contributed by atoms with Crippen molar-refractivity contribution < 1.29 is 9.72 Å². The lowest BCUT2D eigenvalue weighted by molar-refractivity contribution is -0.384. The molecule has 9 heteroatoms. The molecule has 2 aromatic rings. The molecule has 0 aliphatic rings. The lowest BCUT2D eigenvalue weighted by Gasteiger charge is -2.02. The van der Waals surface area contributed by atoms with Crippen LogP contribution in [0.3, 0.4) is 0 Å². The van der Waals surface area contributed by atoms with Crippen LogP contribution >= 0.6 is 0 Å². The Morgan fingerprint density at radius 2 is 2.22 bits per heavy atom. The highest BCUT2D eigenvalue weighted by Crippen LogP contribution is 2.17. The molecular formula is C9H8N6O3. The zero-order chi connectivity index (χ0) is 13.1. The van der Waals surface area contributed by atoms with E-state index in [1.165, 1.54) is 18.2 Å². The summed E-state index contributed by atoms with van der Waals surface area (Å²) < 4.78 is 0. The van der Waals surface area contributed by atoms with Crippen LogP contribution in [0.2, 0.25) is 0 Å². The van der Waals surface area contributed by atoms with E-state index in [0.717, 1.165) is 0 Å². The molecule has 0 fully saturated rings. The fourth-order valence-corrected chi connectivity index (χ4v) is 1.39. The van der Waals surface area contributed by atoms with Crippen molar-refractivity contribution in [2.24, 2.45) is 0 Å². The number of hydrogen-bond donors (Lipinski definition) is 2. The van der Waals surface area contributed by atoms with E-state index in [-0.39, 0.29) is 17.2 Å². The Balaban J connectivity index is 2.27. The summed E-state index contributed by atoms with van der Waals surface area (Å²) in [6.45, 7) is 1.66. The monoisotopic (exact) mass is 248 g/mol. The maximum atomic E-state index is 11.8. The highest BCUT2D eigenvalue weighted by Gasteiger charge is 2.14. The van der Waals surface area contributed by atoms with E-state index < -0.39 is 10.8 Å². The van der Waals surface area contributed by atoms with Gasteiger partial charge in [-0.05, 0) is 23.8 Å². The Morgan fingerprint density at radius 1 is 1.44 bits per heavy atom. The molecule has 0 unspecified atom stereocenters. The number of aromatic nitrogens is 4. The summed E-state index contributed by atoms with van der Waals surface area (Å²) in [4.78, 5) is 21.9. The van der Waals surface area contributed by atoms with Gasteiger partial charge in [0.15, 0.2) is 0 Å². The smallest absolute Gasteiger partial charge is 0.270 e. The van der Waals surface area contributed by atoms with Gasteiger partial charge in [-0.3, -0.25) is 20.2 Å². The van der Waals surface area contributed by atoms with Gasteiger partial charge in [0.1, 0.15) is 0 Å². The highest BCUT2D eigenvalue weighted by molar-refractivity contribution is 6.03. The molecule has 1 heterocycles. The standard InChI is InChI=1S/C9H8N6O3/c1-5-2-6(4-7(3-5)15(17)18)8(16)10-9-11-13-14-12-9/h2-4H,1H3,(H2,10,11,12,13,14,16). The van der Waals surface area contributed by atoms with E-state index >= 15 is 0 Å². The van der Waals surface area contributed by atoms with Gasteiger partial charge in [-0.1, -0.05) is 5.10 Å². The summed E-state index contributed by atoms with van der Waals surface area (Å²) in [6, 6.07) is 4.09. The number of rotatable bonds is 3. The summed E-state index contributed by atoms with van der Waals surface area (Å²) in [5.74, 6) is -0.535. The molecule has 18 heavy (non-hydrogen) atoms. The first-order chi connectivity index (χ1) is 8.56. The van der Waals surface area contributed by atoms with Crippen LogP contribution in [-0.2, 0) is 0 Å². The van der Waals surface area contributed by atoms with Crippen LogP contribution < -0.4 is 5.32 Å². The minimum Gasteiger partial charge on any atom is -0.288 e. The molecule has 1 aromatic carbocycles. The number of benzene rings is 1. The first kappa shape index (κ1) is 11.6. The number of non-ortho nitro benzene ring substituents is 1. The Hall–Kier alpha value is -2.84. The first-order valence-corrected chi connectivity index (χ1v) is 4.87. The molecule has 92 valence electrons. The summed E-state index contributed by atoms with van der Waals surface area (Å²) in [6.07, 6.45) is 0. The van der Waals surface area contributed by atoms with E-state index in [2.05, 4.69) is 25.9 Å². The molecule has 0 aliphatic carbocycles. The van der Waals surface area contributed by atoms with Crippen molar-refractivity contribution in [3.8, 4) is 0 Å². The van der Waals surface area contributed by atoms with Gasteiger partial charge in [0, 0.05) is 17.7 Å². The quantitative estimate of drug-likeness (QED) is 0.607. The molecule has 2 rings (SSSR count). The van der Waals surface area contributed by atoms with E-state index in [4.69, 9.17) is 0 Å². The number of nitro groups is 1. The summed E-state index contributed by atoms with van der Waals surface area (Å²) >= 11 is 0. The topological polar surface area (TPSA) is 127 Å². The average Bonchev–Trinajstić information content (AvgIpc) is 2.80. The van der Waals surface area contributed by atoms with Crippen LogP contribution in [0.4, 0.5) is 11.6 Å². The average molecular weight is 248 g/mol. The van der Waals surface area contributed by atoms with Gasteiger partial charge in [-0.2, -0.15) is 5.21 Å². The normalized spacial score (nSPS) is 10.1. The maximum absolute atomic E-state index is 11.8. The first-order valence-electron chi connectivity index (χ1n) is 4.87. The van der Waals surface area contributed by atoms with Gasteiger partial charge in [-0.15, -0.1) is 5.10 Å². The van der Waals surface area contributed by atoms with Crippen molar-refractivity contribution in [3.63, 3.8) is 0 Å². The van der Waals surface area contributed by atoms with Crippen molar-refractivity contribution in [2.75, 3.05) is 5.32 Å². The molecule has 0 aliphatic heterocycles. The number of tetrazole rings is 1. The number of carbonyl (C=O) groups is 1. The Labute approximate surface area is 100 Å². The fourth-order valence-electron chi connectivity index (χ4n) is 1.39. The number of amides is 1. The second kappa shape index (κ2) is 4.57. The van der Waals surface area contributed by atoms with Crippen molar-refractivity contribution in [2.45, 2.75) is 6.92 Å². The molecular weight excluding hydrogens is 240 g/mol. The summed E-state index contributed by atoms with van der Waals surface area (Å²) in [5, 5.41) is 25.6. The van der Waals surface area contributed by atoms with E-state index in [1.54, 1.807) is 6.92 Å². The van der Waals surface area contributed by atoms with Crippen molar-refractivity contribution in [1.29, 1.82) is 0 Å². The predicted octanol–water partition coefficient (Wildman–Crippen LogP) is 0.669. The van der Waals surface area contributed by atoms with Gasteiger partial charge in [0.25, 0.3) is 17.5 Å². The van der Waals surface area contributed by atoms with Crippen LogP contribution in [0, 0.1) is 17.0 Å². The predicted molar refractivity (Wildman–Crippen MR) is 60.0 cm³/mol. The minimum absolute atomic E-state index is 0.00385. The molecule has 0 radical (unpaired) electrons. The molecule has 0 atom stereocenters. The molecule has 0 saturated carbocycles. The summed E-state index contributed by atoms with van der Waals surface area (Å²) in [5.41, 5.74) is 0.627. The number of nitrogens with one attached hydrogen (secondary N) is 2. The van der Waals surface area contributed by atoms with E-state index in [1.807, 2.05) is 0 Å². The molecule has 9 nitrogen and oxygen atoms in total. The number of anilines is 1. The van der Waals surface area contributed by atoms with Crippen LogP contribution in [0.25, 0.3) is 0 Å².